The first-order chi connectivity index (χ1) is 11.7. The molecule has 1 saturated heterocycles. The van der Waals surface area contributed by atoms with Crippen LogP contribution < -0.4 is 0 Å². The number of hydrogen-bond acceptors (Lipinski definition) is 3. The maximum atomic E-state index is 12.9. The molecule has 0 unspecified atom stereocenters. The topological polar surface area (TPSA) is 20.3 Å². The van der Waals surface area contributed by atoms with Gasteiger partial charge in [-0.2, -0.15) is 0 Å². The Kier molecular flexibility index (Phi) is 5.77. The maximum Gasteiger partial charge on any atom is 0.198 e. The average Bonchev–Trinajstić information content (AvgIpc) is 3.02. The molecule has 0 radical (unpaired) electrons. The third-order valence-corrected chi connectivity index (χ3v) is 5.61. The summed E-state index contributed by atoms with van der Waals surface area (Å²) in [5.74, 6) is -0.00646. The number of carbonyl (C=O) groups excluding carboxylic acids is 1. The molecule has 1 aliphatic heterocycles. The van der Waals surface area contributed by atoms with Crippen molar-refractivity contribution in [1.82, 2.24) is 4.90 Å². The zero-order valence-corrected chi connectivity index (χ0v) is 15.0. The molecular weight excluding hydrogens is 338 g/mol. The minimum atomic E-state index is -0.00646. The predicted octanol–water partition coefficient (Wildman–Crippen LogP) is 5.21. The van der Waals surface area contributed by atoms with E-state index in [9.17, 15) is 4.79 Å². The Balaban J connectivity index is 1.80. The van der Waals surface area contributed by atoms with Crippen molar-refractivity contribution >= 4 is 28.5 Å². The van der Waals surface area contributed by atoms with Crippen molar-refractivity contribution in [3.05, 3.63) is 77.8 Å². The zero-order valence-electron chi connectivity index (χ0n) is 13.4. The van der Waals surface area contributed by atoms with E-state index in [0.29, 0.717) is 5.02 Å². The first-order valence-corrected chi connectivity index (χ1v) is 9.25. The van der Waals surface area contributed by atoms with Crippen LogP contribution in [-0.2, 0) is 4.79 Å². The lowest BCUT2D eigenvalue weighted by Crippen LogP contribution is -2.27. The van der Waals surface area contributed by atoms with Gasteiger partial charge in [0, 0.05) is 28.4 Å². The smallest absolute Gasteiger partial charge is 0.198 e. The molecule has 24 heavy (non-hydrogen) atoms. The Morgan fingerprint density at radius 1 is 1.21 bits per heavy atom. The SMILES string of the molecule is C=CCN1CC[C@@H](C(=O)Sc2ccc(Cl)cc2)[C@H]1c1ccccc1. The van der Waals surface area contributed by atoms with Crippen LogP contribution in [0.4, 0.5) is 0 Å². The second kappa shape index (κ2) is 8.02. The van der Waals surface area contributed by atoms with E-state index in [1.165, 1.54) is 17.3 Å². The van der Waals surface area contributed by atoms with Crippen LogP contribution in [0.5, 0.6) is 0 Å². The van der Waals surface area contributed by atoms with E-state index >= 15 is 0 Å². The van der Waals surface area contributed by atoms with Gasteiger partial charge in [-0.1, -0.05) is 59.8 Å². The van der Waals surface area contributed by atoms with Gasteiger partial charge in [-0.3, -0.25) is 9.69 Å². The highest BCUT2D eigenvalue weighted by Gasteiger charge is 2.39. The molecule has 0 amide bonds. The van der Waals surface area contributed by atoms with Crippen molar-refractivity contribution in [1.29, 1.82) is 0 Å². The van der Waals surface area contributed by atoms with Crippen molar-refractivity contribution in [2.24, 2.45) is 5.92 Å². The Morgan fingerprint density at radius 2 is 1.92 bits per heavy atom. The summed E-state index contributed by atoms with van der Waals surface area (Å²) in [7, 11) is 0. The van der Waals surface area contributed by atoms with Crippen LogP contribution in [0.1, 0.15) is 18.0 Å². The molecule has 2 aromatic carbocycles. The first-order valence-electron chi connectivity index (χ1n) is 8.06. The normalized spacial score (nSPS) is 20.9. The lowest BCUT2D eigenvalue weighted by molar-refractivity contribution is -0.115. The summed E-state index contributed by atoms with van der Waals surface area (Å²) in [6, 6.07) is 17.9. The number of benzene rings is 2. The van der Waals surface area contributed by atoms with Crippen LogP contribution in [0.25, 0.3) is 0 Å². The van der Waals surface area contributed by atoms with Crippen molar-refractivity contribution in [3.8, 4) is 0 Å². The molecule has 2 aromatic rings. The molecule has 1 heterocycles. The first kappa shape index (κ1) is 17.3. The number of rotatable bonds is 5. The van der Waals surface area contributed by atoms with E-state index in [1.54, 1.807) is 0 Å². The van der Waals surface area contributed by atoms with Crippen LogP contribution in [0.2, 0.25) is 5.02 Å². The fourth-order valence-corrected chi connectivity index (χ4v) is 4.29. The van der Waals surface area contributed by atoms with E-state index < -0.39 is 0 Å². The lowest BCUT2D eigenvalue weighted by Gasteiger charge is -2.27. The minimum absolute atomic E-state index is 0.00646. The van der Waals surface area contributed by atoms with Crippen LogP contribution in [0.15, 0.2) is 72.1 Å². The largest absolute Gasteiger partial charge is 0.292 e. The highest BCUT2D eigenvalue weighted by molar-refractivity contribution is 8.13. The van der Waals surface area contributed by atoms with E-state index in [2.05, 4.69) is 23.6 Å². The van der Waals surface area contributed by atoms with Crippen molar-refractivity contribution in [3.63, 3.8) is 0 Å². The molecule has 1 fully saturated rings. The Morgan fingerprint density at radius 3 is 2.58 bits per heavy atom. The summed E-state index contributed by atoms with van der Waals surface area (Å²) in [4.78, 5) is 16.2. The highest BCUT2D eigenvalue weighted by Crippen LogP contribution is 2.41. The summed E-state index contributed by atoms with van der Waals surface area (Å²) < 4.78 is 0. The van der Waals surface area contributed by atoms with Crippen molar-refractivity contribution in [2.45, 2.75) is 17.4 Å². The molecule has 0 saturated carbocycles. The molecule has 2 atom stereocenters. The van der Waals surface area contributed by atoms with Gasteiger partial charge in [0.2, 0.25) is 0 Å². The summed E-state index contributed by atoms with van der Waals surface area (Å²) in [6.45, 7) is 5.57. The predicted molar refractivity (Wildman–Crippen MR) is 101 cm³/mol. The monoisotopic (exact) mass is 357 g/mol. The Bertz CT molecular complexity index is 701. The number of hydrogen-bond donors (Lipinski definition) is 0. The van der Waals surface area contributed by atoms with Gasteiger partial charge < -0.3 is 0 Å². The van der Waals surface area contributed by atoms with Gasteiger partial charge in [0.05, 0.1) is 0 Å². The van der Waals surface area contributed by atoms with Gasteiger partial charge in [-0.25, -0.2) is 0 Å². The molecule has 1 aliphatic rings. The van der Waals surface area contributed by atoms with E-state index in [-0.39, 0.29) is 17.1 Å². The van der Waals surface area contributed by atoms with Gasteiger partial charge in [0.1, 0.15) is 0 Å². The maximum absolute atomic E-state index is 12.9. The van der Waals surface area contributed by atoms with Crippen LogP contribution in [0.3, 0.4) is 0 Å². The number of halogens is 1. The van der Waals surface area contributed by atoms with E-state index in [0.717, 1.165) is 24.4 Å². The van der Waals surface area contributed by atoms with Crippen LogP contribution in [-0.4, -0.2) is 23.1 Å². The number of thioether (sulfide) groups is 1. The molecule has 4 heteroatoms. The highest BCUT2D eigenvalue weighted by atomic mass is 35.5. The molecule has 3 rings (SSSR count). The molecule has 0 aliphatic carbocycles. The average molecular weight is 358 g/mol. The van der Waals surface area contributed by atoms with Gasteiger partial charge in [0.25, 0.3) is 0 Å². The molecule has 0 bridgehead atoms. The number of carbonyl (C=O) groups is 1. The molecule has 0 N–H and O–H groups in total. The van der Waals surface area contributed by atoms with Crippen molar-refractivity contribution < 1.29 is 4.79 Å². The molecule has 124 valence electrons. The van der Waals surface area contributed by atoms with Crippen LogP contribution in [0, 0.1) is 5.92 Å². The Labute approximate surface area is 152 Å². The zero-order chi connectivity index (χ0) is 16.9. The third kappa shape index (κ3) is 3.92. The van der Waals surface area contributed by atoms with E-state index in [4.69, 9.17) is 11.6 Å². The van der Waals surface area contributed by atoms with Gasteiger partial charge in [0.15, 0.2) is 5.12 Å². The standard InChI is InChI=1S/C20H20ClNOS/c1-2-13-22-14-12-18(19(22)15-6-4-3-5-7-15)20(23)24-17-10-8-16(21)9-11-17/h2-11,18-19H,1,12-14H2/t18-,19-/m1/s1. The third-order valence-electron chi connectivity index (χ3n) is 4.34. The number of likely N-dealkylation sites (tertiary alicyclic amines) is 1. The molecule has 2 nitrogen and oxygen atoms in total. The van der Waals surface area contributed by atoms with Crippen LogP contribution >= 0.6 is 23.4 Å². The summed E-state index contributed by atoms with van der Waals surface area (Å²) >= 11 is 7.24. The molecule has 0 spiro atoms. The van der Waals surface area contributed by atoms with E-state index in [1.807, 2.05) is 48.5 Å². The van der Waals surface area contributed by atoms with Crippen molar-refractivity contribution in [2.75, 3.05) is 13.1 Å². The molecular formula is C20H20ClNOS. The van der Waals surface area contributed by atoms with Gasteiger partial charge in [-0.15, -0.1) is 6.58 Å². The second-order valence-corrected chi connectivity index (χ2v) is 7.42. The fraction of sp³-hybridized carbons (Fsp3) is 0.250. The van der Waals surface area contributed by atoms with Gasteiger partial charge in [-0.05, 0) is 42.8 Å². The summed E-state index contributed by atoms with van der Waals surface area (Å²) in [5, 5.41) is 0.907. The summed E-state index contributed by atoms with van der Waals surface area (Å²) in [6.07, 6.45) is 2.79. The molecule has 0 aromatic heterocycles. The quantitative estimate of drug-likeness (QED) is 0.541. The lowest BCUT2D eigenvalue weighted by atomic mass is 9.95. The minimum Gasteiger partial charge on any atom is -0.292 e. The van der Waals surface area contributed by atoms with Gasteiger partial charge >= 0.3 is 0 Å². The summed E-state index contributed by atoms with van der Waals surface area (Å²) in [5.41, 5.74) is 1.20. The Hall–Kier alpha value is -1.55. The number of nitrogens with zero attached hydrogens (tertiary/aromatic N) is 1. The fourth-order valence-electron chi connectivity index (χ4n) is 3.26. The second-order valence-electron chi connectivity index (χ2n) is 5.91.